The minimum absolute atomic E-state index is 0.0103. The number of anilines is 1. The van der Waals surface area contributed by atoms with E-state index >= 15 is 0 Å². The number of amidine groups is 1. The number of thioether (sulfide) groups is 1. The summed E-state index contributed by atoms with van der Waals surface area (Å²) in [6.07, 6.45) is 3.69. The minimum atomic E-state index is -0.553. The lowest BCUT2D eigenvalue weighted by molar-refractivity contribution is -0.119. The van der Waals surface area contributed by atoms with Gasteiger partial charge in [0.25, 0.3) is 0 Å². The van der Waals surface area contributed by atoms with Gasteiger partial charge in [-0.15, -0.1) is 0 Å². The molecule has 98 valence electrons. The Bertz CT molecular complexity index is 601. The molecule has 1 aromatic carbocycles. The molecule has 0 spiro atoms. The third kappa shape index (κ3) is 2.42. The molecule has 0 bridgehead atoms. The van der Waals surface area contributed by atoms with Gasteiger partial charge < -0.3 is 5.32 Å². The Balaban J connectivity index is 2.41. The smallest absolute Gasteiger partial charge is 0.234 e. The maximum absolute atomic E-state index is 11.8. The van der Waals surface area contributed by atoms with Crippen molar-refractivity contribution < 1.29 is 4.79 Å². The van der Waals surface area contributed by atoms with Gasteiger partial charge >= 0.3 is 0 Å². The number of amides is 1. The van der Waals surface area contributed by atoms with Crippen molar-refractivity contribution in [1.82, 2.24) is 5.32 Å². The highest BCUT2D eigenvalue weighted by atomic mass is 32.2. The van der Waals surface area contributed by atoms with E-state index in [0.29, 0.717) is 5.17 Å². The molecule has 19 heavy (non-hydrogen) atoms. The molecule has 2 rings (SSSR count). The molecule has 0 radical (unpaired) electrons. The van der Waals surface area contributed by atoms with E-state index in [1.807, 2.05) is 44.5 Å². The third-order valence-electron chi connectivity index (χ3n) is 3.08. The molecular weight excluding hydrogens is 260 g/mol. The van der Waals surface area contributed by atoms with Crippen LogP contribution in [0, 0.1) is 11.5 Å². The maximum atomic E-state index is 11.8. The van der Waals surface area contributed by atoms with Gasteiger partial charge in [-0.3, -0.25) is 10.1 Å². The molecule has 0 aliphatic carbocycles. The Kier molecular flexibility index (Phi) is 3.49. The second kappa shape index (κ2) is 4.94. The van der Waals surface area contributed by atoms with E-state index in [9.17, 15) is 4.79 Å². The van der Waals surface area contributed by atoms with Gasteiger partial charge in [0, 0.05) is 5.69 Å². The van der Waals surface area contributed by atoms with Crippen LogP contribution in [-0.4, -0.2) is 17.3 Å². The number of hydrogen-bond donors (Lipinski definition) is 2. The van der Waals surface area contributed by atoms with Crippen molar-refractivity contribution in [2.45, 2.75) is 19.3 Å². The Hall–Kier alpha value is -2.00. The summed E-state index contributed by atoms with van der Waals surface area (Å²) in [7, 11) is 0. The second-order valence-electron chi connectivity index (χ2n) is 4.67. The lowest BCUT2D eigenvalue weighted by Gasteiger charge is -2.15. The van der Waals surface area contributed by atoms with E-state index in [1.54, 1.807) is 0 Å². The molecule has 0 aromatic heterocycles. The molecular formula is C13H14N4OS. The third-order valence-corrected chi connectivity index (χ3v) is 3.66. The van der Waals surface area contributed by atoms with E-state index in [2.05, 4.69) is 15.6 Å². The predicted molar refractivity (Wildman–Crippen MR) is 77.5 cm³/mol. The van der Waals surface area contributed by atoms with Crippen LogP contribution in [0.5, 0.6) is 0 Å². The average Bonchev–Trinajstić information content (AvgIpc) is 2.60. The first-order valence-corrected chi connectivity index (χ1v) is 6.95. The predicted octanol–water partition coefficient (Wildman–Crippen LogP) is 2.34. The van der Waals surface area contributed by atoms with Crippen molar-refractivity contribution in [1.29, 1.82) is 5.26 Å². The first-order valence-electron chi connectivity index (χ1n) is 5.73. The fraction of sp³-hybridized carbons (Fsp3) is 0.308. The second-order valence-corrected chi connectivity index (χ2v) is 5.46. The molecule has 0 saturated carbocycles. The number of hydrogen-bond acceptors (Lipinski definition) is 4. The van der Waals surface area contributed by atoms with E-state index in [-0.39, 0.29) is 5.91 Å². The SMILES string of the molecule is CSC(=Nc1ccc2c(c1)C(C)(C)C(=O)N2)NC#N. The van der Waals surface area contributed by atoms with Crippen molar-refractivity contribution in [2.75, 3.05) is 11.6 Å². The van der Waals surface area contributed by atoms with Gasteiger partial charge in [-0.2, -0.15) is 5.26 Å². The van der Waals surface area contributed by atoms with Crippen LogP contribution in [0.15, 0.2) is 23.2 Å². The molecule has 1 aliphatic rings. The summed E-state index contributed by atoms with van der Waals surface area (Å²) in [6, 6.07) is 5.53. The maximum Gasteiger partial charge on any atom is 0.234 e. The highest BCUT2D eigenvalue weighted by molar-refractivity contribution is 8.13. The number of nitrogens with one attached hydrogen (secondary N) is 2. The van der Waals surface area contributed by atoms with Crippen LogP contribution >= 0.6 is 11.8 Å². The van der Waals surface area contributed by atoms with Gasteiger partial charge in [0.2, 0.25) is 5.91 Å². The lowest BCUT2D eigenvalue weighted by Crippen LogP contribution is -2.26. The van der Waals surface area contributed by atoms with Crippen LogP contribution in [-0.2, 0) is 10.2 Å². The van der Waals surface area contributed by atoms with Crippen LogP contribution < -0.4 is 10.6 Å². The summed E-state index contributed by atoms with van der Waals surface area (Å²) < 4.78 is 0. The van der Waals surface area contributed by atoms with Gasteiger partial charge in [-0.05, 0) is 43.9 Å². The van der Waals surface area contributed by atoms with E-state index < -0.39 is 5.41 Å². The van der Waals surface area contributed by atoms with Gasteiger partial charge in [0.05, 0.1) is 11.1 Å². The van der Waals surface area contributed by atoms with Crippen LogP contribution in [0.25, 0.3) is 0 Å². The largest absolute Gasteiger partial charge is 0.325 e. The average molecular weight is 274 g/mol. The molecule has 1 aliphatic heterocycles. The number of benzene rings is 1. The monoisotopic (exact) mass is 274 g/mol. The fourth-order valence-corrected chi connectivity index (χ4v) is 2.26. The zero-order valence-corrected chi connectivity index (χ0v) is 11.8. The number of rotatable bonds is 1. The van der Waals surface area contributed by atoms with Gasteiger partial charge in [0.1, 0.15) is 0 Å². The van der Waals surface area contributed by atoms with Crippen molar-refractivity contribution in [3.05, 3.63) is 23.8 Å². The summed E-state index contributed by atoms with van der Waals surface area (Å²) in [5, 5.41) is 14.5. The molecule has 1 heterocycles. The summed E-state index contributed by atoms with van der Waals surface area (Å²) in [4.78, 5) is 16.2. The van der Waals surface area contributed by atoms with Crippen molar-refractivity contribution in [3.63, 3.8) is 0 Å². The summed E-state index contributed by atoms with van der Waals surface area (Å²) in [5.74, 6) is -0.0103. The molecule has 5 nitrogen and oxygen atoms in total. The quantitative estimate of drug-likeness (QED) is 0.356. The van der Waals surface area contributed by atoms with Crippen LogP contribution in [0.1, 0.15) is 19.4 Å². The zero-order valence-electron chi connectivity index (χ0n) is 10.9. The number of nitrogens with zero attached hydrogens (tertiary/aromatic N) is 2. The summed E-state index contributed by atoms with van der Waals surface area (Å²) in [6.45, 7) is 3.76. The van der Waals surface area contributed by atoms with Crippen molar-refractivity contribution >= 4 is 34.2 Å². The molecule has 0 unspecified atom stereocenters. The lowest BCUT2D eigenvalue weighted by atomic mass is 9.86. The standard InChI is InChI=1S/C13H14N4OS/c1-13(2)9-6-8(16-12(19-3)15-7-14)4-5-10(9)17-11(13)18/h4-6H,1-3H3,(H,15,16)(H,17,18). The molecule has 0 atom stereocenters. The molecule has 6 heteroatoms. The Morgan fingerprint density at radius 3 is 2.89 bits per heavy atom. The first-order chi connectivity index (χ1) is 8.98. The fourth-order valence-electron chi connectivity index (χ4n) is 1.92. The van der Waals surface area contributed by atoms with Gasteiger partial charge in [-0.25, -0.2) is 4.99 Å². The normalized spacial score (nSPS) is 16.5. The Morgan fingerprint density at radius 1 is 1.53 bits per heavy atom. The van der Waals surface area contributed by atoms with Gasteiger partial charge in [0.15, 0.2) is 11.4 Å². The van der Waals surface area contributed by atoms with E-state index in [0.717, 1.165) is 16.9 Å². The highest BCUT2D eigenvalue weighted by Crippen LogP contribution is 2.39. The Labute approximate surface area is 116 Å². The molecule has 1 amide bonds. The molecule has 0 saturated heterocycles. The summed E-state index contributed by atoms with van der Waals surface area (Å²) >= 11 is 1.36. The summed E-state index contributed by atoms with van der Waals surface area (Å²) in [5.41, 5.74) is 1.92. The number of nitriles is 1. The minimum Gasteiger partial charge on any atom is -0.325 e. The molecule has 1 aromatic rings. The molecule has 2 N–H and O–H groups in total. The van der Waals surface area contributed by atoms with E-state index in [1.165, 1.54) is 11.8 Å². The van der Waals surface area contributed by atoms with Crippen LogP contribution in [0.2, 0.25) is 0 Å². The number of aliphatic imine (C=N–C) groups is 1. The molecule has 0 fully saturated rings. The zero-order chi connectivity index (χ0) is 14.0. The van der Waals surface area contributed by atoms with E-state index in [4.69, 9.17) is 5.26 Å². The highest BCUT2D eigenvalue weighted by Gasteiger charge is 2.38. The van der Waals surface area contributed by atoms with Gasteiger partial charge in [-0.1, -0.05) is 11.8 Å². The first kappa shape index (κ1) is 13.4. The van der Waals surface area contributed by atoms with Crippen LogP contribution in [0.3, 0.4) is 0 Å². The van der Waals surface area contributed by atoms with Crippen molar-refractivity contribution in [2.24, 2.45) is 4.99 Å². The topological polar surface area (TPSA) is 77.3 Å². The Morgan fingerprint density at radius 2 is 2.26 bits per heavy atom. The number of carbonyl (C=O) groups is 1. The number of carbonyl (C=O) groups excluding carboxylic acids is 1. The van der Waals surface area contributed by atoms with Crippen molar-refractivity contribution in [3.8, 4) is 6.19 Å². The number of fused-ring (bicyclic) bond motifs is 1. The van der Waals surface area contributed by atoms with Crippen LogP contribution in [0.4, 0.5) is 11.4 Å².